The van der Waals surface area contributed by atoms with E-state index in [-0.39, 0.29) is 25.6 Å². The van der Waals surface area contributed by atoms with Crippen LogP contribution in [-0.4, -0.2) is 48.3 Å². The predicted octanol–water partition coefficient (Wildman–Crippen LogP) is 2.51. The van der Waals surface area contributed by atoms with Gasteiger partial charge in [-0.3, -0.25) is 4.79 Å². The minimum absolute atomic E-state index is 0.0654. The number of methoxy groups -OCH3 is 1. The maximum Gasteiger partial charge on any atom is 0.322 e. The first kappa shape index (κ1) is 18.3. The molecule has 0 fully saturated rings. The second-order valence-corrected chi connectivity index (χ2v) is 5.14. The van der Waals surface area contributed by atoms with E-state index in [0.29, 0.717) is 17.1 Å². The normalized spacial score (nSPS) is 11.6. The fourth-order valence-corrected chi connectivity index (χ4v) is 2.16. The summed E-state index contributed by atoms with van der Waals surface area (Å²) in [5.74, 6) is -0.409. The summed E-state index contributed by atoms with van der Waals surface area (Å²) in [6.07, 6.45) is 0.636. The van der Waals surface area contributed by atoms with Gasteiger partial charge in [0.2, 0.25) is 0 Å². The van der Waals surface area contributed by atoms with Crippen molar-refractivity contribution in [3.05, 3.63) is 29.3 Å². The molecule has 0 saturated carbocycles. The second-order valence-electron chi connectivity index (χ2n) is 4.70. The summed E-state index contributed by atoms with van der Waals surface area (Å²) < 4.78 is 4.58. The molecule has 1 aromatic rings. The Morgan fingerprint density at radius 1 is 1.45 bits per heavy atom. The average molecular weight is 329 g/mol. The third-order valence-electron chi connectivity index (χ3n) is 3.24. The molecule has 7 heteroatoms. The van der Waals surface area contributed by atoms with Crippen molar-refractivity contribution in [1.29, 1.82) is 0 Å². The van der Waals surface area contributed by atoms with Crippen LogP contribution in [0.2, 0.25) is 5.02 Å². The number of rotatable bonds is 7. The minimum Gasteiger partial charge on any atom is -0.469 e. The number of aliphatic hydroxyl groups excluding tert-OH is 1. The zero-order valence-corrected chi connectivity index (χ0v) is 13.5. The maximum absolute atomic E-state index is 12.4. The van der Waals surface area contributed by atoms with Gasteiger partial charge in [-0.25, -0.2) is 4.79 Å². The van der Waals surface area contributed by atoms with Crippen LogP contribution in [0, 0.1) is 0 Å². The molecule has 0 heterocycles. The SMILES string of the molecule is CCC(CO)N(CCC(=O)OC)C(=O)Nc1cccc(Cl)c1. The van der Waals surface area contributed by atoms with Crippen LogP contribution in [0.4, 0.5) is 10.5 Å². The number of halogens is 1. The van der Waals surface area contributed by atoms with Crippen molar-refractivity contribution >= 4 is 29.3 Å². The van der Waals surface area contributed by atoms with Crippen molar-refractivity contribution < 1.29 is 19.4 Å². The van der Waals surface area contributed by atoms with Crippen molar-refractivity contribution in [3.63, 3.8) is 0 Å². The number of nitrogens with zero attached hydrogens (tertiary/aromatic N) is 1. The lowest BCUT2D eigenvalue weighted by atomic mass is 10.2. The first-order valence-corrected chi connectivity index (χ1v) is 7.40. The molecular formula is C15H21ClN2O4. The number of urea groups is 1. The molecule has 1 rings (SSSR count). The second kappa shape index (κ2) is 9.27. The maximum atomic E-state index is 12.4. The molecule has 0 spiro atoms. The first-order chi connectivity index (χ1) is 10.5. The number of amides is 2. The Labute approximate surface area is 135 Å². The Kier molecular flexibility index (Phi) is 7.70. The Balaban J connectivity index is 2.80. The molecule has 0 saturated heterocycles. The highest BCUT2D eigenvalue weighted by Crippen LogP contribution is 2.16. The highest BCUT2D eigenvalue weighted by molar-refractivity contribution is 6.30. The van der Waals surface area contributed by atoms with E-state index in [9.17, 15) is 14.7 Å². The number of esters is 1. The van der Waals surface area contributed by atoms with E-state index in [1.165, 1.54) is 12.0 Å². The molecule has 22 heavy (non-hydrogen) atoms. The summed E-state index contributed by atoms with van der Waals surface area (Å²) >= 11 is 5.88. The summed E-state index contributed by atoms with van der Waals surface area (Å²) in [7, 11) is 1.29. The minimum atomic E-state index is -0.409. The number of carbonyl (C=O) groups excluding carboxylic acids is 2. The van der Waals surface area contributed by atoms with Crippen LogP contribution in [0.15, 0.2) is 24.3 Å². The van der Waals surface area contributed by atoms with E-state index in [2.05, 4.69) is 10.1 Å². The molecule has 1 unspecified atom stereocenters. The summed E-state index contributed by atoms with van der Waals surface area (Å²) in [6, 6.07) is 5.99. The monoisotopic (exact) mass is 328 g/mol. The number of anilines is 1. The summed E-state index contributed by atoms with van der Waals surface area (Å²) in [5, 5.41) is 12.6. The Hall–Kier alpha value is -1.79. The lowest BCUT2D eigenvalue weighted by Gasteiger charge is -2.29. The summed E-state index contributed by atoms with van der Waals surface area (Å²) in [6.45, 7) is 1.84. The number of carbonyl (C=O) groups is 2. The molecule has 0 aliphatic rings. The standard InChI is InChI=1S/C15H21ClN2O4/c1-3-13(10-19)18(8-7-14(20)22-2)15(21)17-12-6-4-5-11(16)9-12/h4-6,9,13,19H,3,7-8,10H2,1-2H3,(H,17,21). The molecule has 1 atom stereocenters. The predicted molar refractivity (Wildman–Crippen MR) is 85.0 cm³/mol. The van der Waals surface area contributed by atoms with Gasteiger partial charge in [-0.1, -0.05) is 24.6 Å². The highest BCUT2D eigenvalue weighted by atomic mass is 35.5. The molecule has 0 aliphatic heterocycles. The van der Waals surface area contributed by atoms with E-state index < -0.39 is 12.0 Å². The van der Waals surface area contributed by atoms with Gasteiger partial charge >= 0.3 is 12.0 Å². The van der Waals surface area contributed by atoms with Gasteiger partial charge in [0.25, 0.3) is 0 Å². The number of hydrogen-bond donors (Lipinski definition) is 2. The van der Waals surface area contributed by atoms with Crippen LogP contribution in [0.1, 0.15) is 19.8 Å². The number of nitrogens with one attached hydrogen (secondary N) is 1. The number of aliphatic hydroxyl groups is 1. The molecule has 6 nitrogen and oxygen atoms in total. The van der Waals surface area contributed by atoms with Gasteiger partial charge in [-0.15, -0.1) is 0 Å². The molecule has 122 valence electrons. The third kappa shape index (κ3) is 5.54. The van der Waals surface area contributed by atoms with E-state index in [0.717, 1.165) is 0 Å². The molecule has 2 N–H and O–H groups in total. The third-order valence-corrected chi connectivity index (χ3v) is 3.48. The van der Waals surface area contributed by atoms with Gasteiger partial charge in [0, 0.05) is 17.3 Å². The number of hydrogen-bond acceptors (Lipinski definition) is 4. The molecule has 0 aliphatic carbocycles. The van der Waals surface area contributed by atoms with Crippen molar-refractivity contribution in [3.8, 4) is 0 Å². The van der Waals surface area contributed by atoms with Gasteiger partial charge in [0.15, 0.2) is 0 Å². The highest BCUT2D eigenvalue weighted by Gasteiger charge is 2.22. The van der Waals surface area contributed by atoms with Crippen molar-refractivity contribution in [1.82, 2.24) is 4.90 Å². The Bertz CT molecular complexity index is 506. The van der Waals surface area contributed by atoms with Gasteiger partial charge in [-0.05, 0) is 24.6 Å². The smallest absolute Gasteiger partial charge is 0.322 e. The van der Waals surface area contributed by atoms with Gasteiger partial charge in [0.1, 0.15) is 0 Å². The van der Waals surface area contributed by atoms with E-state index >= 15 is 0 Å². The molecule has 0 aromatic heterocycles. The van der Waals surface area contributed by atoms with Crippen LogP contribution in [0.25, 0.3) is 0 Å². The fraction of sp³-hybridized carbons (Fsp3) is 0.467. The molecule has 2 amide bonds. The number of ether oxygens (including phenoxy) is 1. The van der Waals surface area contributed by atoms with Crippen LogP contribution in [0.5, 0.6) is 0 Å². The average Bonchev–Trinajstić information content (AvgIpc) is 2.50. The summed E-state index contributed by atoms with van der Waals surface area (Å²) in [5.41, 5.74) is 0.549. The topological polar surface area (TPSA) is 78.9 Å². The quantitative estimate of drug-likeness (QED) is 0.754. The lowest BCUT2D eigenvalue weighted by molar-refractivity contribution is -0.140. The van der Waals surface area contributed by atoms with Crippen LogP contribution in [-0.2, 0) is 9.53 Å². The summed E-state index contributed by atoms with van der Waals surface area (Å²) in [4.78, 5) is 25.1. The van der Waals surface area contributed by atoms with E-state index in [4.69, 9.17) is 11.6 Å². The molecule has 0 bridgehead atoms. The van der Waals surface area contributed by atoms with Crippen LogP contribution in [0.3, 0.4) is 0 Å². The molecular weight excluding hydrogens is 308 g/mol. The molecule has 1 aromatic carbocycles. The molecule has 0 radical (unpaired) electrons. The van der Waals surface area contributed by atoms with Gasteiger partial charge in [0.05, 0.1) is 26.2 Å². The first-order valence-electron chi connectivity index (χ1n) is 7.02. The van der Waals surface area contributed by atoms with Gasteiger partial charge in [-0.2, -0.15) is 0 Å². The van der Waals surface area contributed by atoms with Gasteiger partial charge < -0.3 is 20.1 Å². The van der Waals surface area contributed by atoms with Crippen molar-refractivity contribution in [2.45, 2.75) is 25.8 Å². The fourth-order valence-electron chi connectivity index (χ4n) is 1.97. The van der Waals surface area contributed by atoms with Crippen molar-refractivity contribution in [2.75, 3.05) is 25.6 Å². The van der Waals surface area contributed by atoms with E-state index in [1.807, 2.05) is 6.92 Å². The van der Waals surface area contributed by atoms with Crippen molar-refractivity contribution in [2.24, 2.45) is 0 Å². The Morgan fingerprint density at radius 2 is 2.18 bits per heavy atom. The largest absolute Gasteiger partial charge is 0.469 e. The van der Waals surface area contributed by atoms with Crippen LogP contribution < -0.4 is 5.32 Å². The Morgan fingerprint density at radius 3 is 2.73 bits per heavy atom. The number of benzene rings is 1. The zero-order valence-electron chi connectivity index (χ0n) is 12.7. The lowest BCUT2D eigenvalue weighted by Crippen LogP contribution is -2.45. The van der Waals surface area contributed by atoms with E-state index in [1.54, 1.807) is 24.3 Å². The van der Waals surface area contributed by atoms with Crippen LogP contribution >= 0.6 is 11.6 Å². The zero-order chi connectivity index (χ0) is 16.5.